The Morgan fingerprint density at radius 2 is 1.74 bits per heavy atom. The fourth-order valence-corrected chi connectivity index (χ4v) is 3.46. The number of benzene rings is 2. The number of rotatable bonds is 8. The molecule has 162 valence electrons. The van der Waals surface area contributed by atoms with Crippen molar-refractivity contribution in [2.24, 2.45) is 0 Å². The minimum Gasteiger partial charge on any atom is -0.485 e. The Morgan fingerprint density at radius 3 is 2.42 bits per heavy atom. The van der Waals surface area contributed by atoms with Gasteiger partial charge in [0.05, 0.1) is 6.61 Å². The maximum atomic E-state index is 12.5. The molecule has 1 heterocycles. The quantitative estimate of drug-likeness (QED) is 0.282. The molecule has 0 radical (unpaired) electrons. The van der Waals surface area contributed by atoms with Crippen LogP contribution in [-0.2, 0) is 16.0 Å². The van der Waals surface area contributed by atoms with Crippen LogP contribution in [0.2, 0.25) is 5.02 Å². The highest BCUT2D eigenvalue weighted by molar-refractivity contribution is 6.30. The second-order valence-electron chi connectivity index (χ2n) is 7.08. The zero-order valence-electron chi connectivity index (χ0n) is 17.6. The number of esters is 1. The van der Waals surface area contributed by atoms with Gasteiger partial charge in [0, 0.05) is 33.5 Å². The van der Waals surface area contributed by atoms with Gasteiger partial charge in [-0.1, -0.05) is 11.6 Å². The Balaban J connectivity index is 1.82. The Bertz CT molecular complexity index is 1180. The van der Waals surface area contributed by atoms with E-state index in [-0.39, 0.29) is 31.2 Å². The lowest BCUT2D eigenvalue weighted by Crippen LogP contribution is -2.14. The minimum absolute atomic E-state index is 0.109. The van der Waals surface area contributed by atoms with Gasteiger partial charge < -0.3 is 13.9 Å². The number of ether oxygens (including phenoxy) is 2. The number of fused-ring (bicyclic) bond motifs is 1. The summed E-state index contributed by atoms with van der Waals surface area (Å²) in [6.45, 7) is 5.47. The molecule has 0 saturated carbocycles. The molecule has 0 spiro atoms. The number of ketones is 1. The molecule has 0 aliphatic heterocycles. The molecule has 0 atom stereocenters. The van der Waals surface area contributed by atoms with Crippen LogP contribution in [-0.4, -0.2) is 25.0 Å². The molecule has 0 bridgehead atoms. The fraction of sp³-hybridized carbons (Fsp3) is 0.292. The third-order valence-electron chi connectivity index (χ3n) is 5.06. The van der Waals surface area contributed by atoms with Crippen LogP contribution in [0.15, 0.2) is 45.6 Å². The second kappa shape index (κ2) is 9.79. The van der Waals surface area contributed by atoms with E-state index in [4.69, 9.17) is 25.5 Å². The summed E-state index contributed by atoms with van der Waals surface area (Å²) in [5, 5.41) is 1.31. The number of halogens is 1. The van der Waals surface area contributed by atoms with Gasteiger partial charge in [0.2, 0.25) is 0 Å². The van der Waals surface area contributed by atoms with Crippen molar-refractivity contribution < 1.29 is 23.5 Å². The molecule has 6 nitrogen and oxygen atoms in total. The van der Waals surface area contributed by atoms with Gasteiger partial charge in [-0.2, -0.15) is 0 Å². The van der Waals surface area contributed by atoms with E-state index < -0.39 is 5.63 Å². The zero-order valence-corrected chi connectivity index (χ0v) is 18.4. The number of hydrogen-bond donors (Lipinski definition) is 0. The van der Waals surface area contributed by atoms with Crippen molar-refractivity contribution in [3.05, 3.63) is 74.1 Å². The lowest BCUT2D eigenvalue weighted by molar-refractivity contribution is -0.143. The number of aryl methyl sites for hydroxylation is 2. The van der Waals surface area contributed by atoms with Crippen molar-refractivity contribution >= 4 is 34.3 Å². The summed E-state index contributed by atoms with van der Waals surface area (Å²) in [5.41, 5.74) is 2.23. The highest BCUT2D eigenvalue weighted by Crippen LogP contribution is 2.30. The number of carbonyl (C=O) groups excluding carboxylic acids is 2. The largest absolute Gasteiger partial charge is 0.485 e. The van der Waals surface area contributed by atoms with Gasteiger partial charge in [-0.15, -0.1) is 0 Å². The fourth-order valence-electron chi connectivity index (χ4n) is 3.34. The van der Waals surface area contributed by atoms with Crippen LogP contribution in [0.1, 0.15) is 40.4 Å². The molecular formula is C24H23ClO6. The highest BCUT2D eigenvalue weighted by atomic mass is 35.5. The maximum absolute atomic E-state index is 12.5. The summed E-state index contributed by atoms with van der Waals surface area (Å²) in [7, 11) is 0. The first-order valence-corrected chi connectivity index (χ1v) is 10.3. The molecule has 0 aliphatic carbocycles. The molecular weight excluding hydrogens is 420 g/mol. The molecule has 0 aliphatic rings. The van der Waals surface area contributed by atoms with Crippen LogP contribution >= 0.6 is 11.6 Å². The van der Waals surface area contributed by atoms with Crippen molar-refractivity contribution in [1.29, 1.82) is 0 Å². The summed E-state index contributed by atoms with van der Waals surface area (Å²) in [6, 6.07) is 10.1. The molecule has 3 rings (SSSR count). The Morgan fingerprint density at radius 1 is 1.03 bits per heavy atom. The molecule has 2 aromatic carbocycles. The molecule has 0 amide bonds. The molecule has 0 saturated heterocycles. The van der Waals surface area contributed by atoms with E-state index in [9.17, 15) is 14.4 Å². The van der Waals surface area contributed by atoms with E-state index in [1.807, 2.05) is 6.92 Å². The van der Waals surface area contributed by atoms with E-state index >= 15 is 0 Å². The topological polar surface area (TPSA) is 82.8 Å². The van der Waals surface area contributed by atoms with E-state index in [0.29, 0.717) is 39.7 Å². The van der Waals surface area contributed by atoms with Gasteiger partial charge in [-0.3, -0.25) is 9.59 Å². The van der Waals surface area contributed by atoms with Crippen LogP contribution < -0.4 is 10.4 Å². The smallest absolute Gasteiger partial charge is 0.339 e. The van der Waals surface area contributed by atoms with Crippen LogP contribution in [0.5, 0.6) is 5.75 Å². The molecule has 1 aromatic heterocycles. The summed E-state index contributed by atoms with van der Waals surface area (Å²) >= 11 is 5.85. The van der Waals surface area contributed by atoms with Crippen LogP contribution in [0.25, 0.3) is 11.0 Å². The highest BCUT2D eigenvalue weighted by Gasteiger charge is 2.17. The van der Waals surface area contributed by atoms with Gasteiger partial charge in [0.15, 0.2) is 12.4 Å². The van der Waals surface area contributed by atoms with Crippen LogP contribution in [0.3, 0.4) is 0 Å². The first-order chi connectivity index (χ1) is 14.8. The number of carbonyl (C=O) groups is 2. The summed E-state index contributed by atoms with van der Waals surface area (Å²) < 4.78 is 16.2. The maximum Gasteiger partial charge on any atom is 0.339 e. The van der Waals surface area contributed by atoms with Crippen LogP contribution in [0, 0.1) is 13.8 Å². The van der Waals surface area contributed by atoms with E-state index in [0.717, 1.165) is 10.9 Å². The van der Waals surface area contributed by atoms with Crippen molar-refractivity contribution in [3.63, 3.8) is 0 Å². The summed E-state index contributed by atoms with van der Waals surface area (Å²) in [6.07, 6.45) is 0.355. The van der Waals surface area contributed by atoms with E-state index in [1.54, 1.807) is 50.2 Å². The van der Waals surface area contributed by atoms with Gasteiger partial charge >= 0.3 is 11.6 Å². The number of hydrogen-bond acceptors (Lipinski definition) is 6. The van der Waals surface area contributed by atoms with Crippen molar-refractivity contribution in [2.45, 2.75) is 33.6 Å². The van der Waals surface area contributed by atoms with Gasteiger partial charge in [0.1, 0.15) is 11.3 Å². The average molecular weight is 443 g/mol. The molecule has 3 aromatic rings. The van der Waals surface area contributed by atoms with Crippen LogP contribution in [0.4, 0.5) is 0 Å². The first kappa shape index (κ1) is 22.6. The summed E-state index contributed by atoms with van der Waals surface area (Å²) in [4.78, 5) is 36.5. The van der Waals surface area contributed by atoms with Gasteiger partial charge in [0.25, 0.3) is 0 Å². The monoisotopic (exact) mass is 442 g/mol. The second-order valence-corrected chi connectivity index (χ2v) is 7.52. The Hall–Kier alpha value is -3.12. The molecule has 0 unspecified atom stereocenters. The SMILES string of the molecule is CCOC(=O)CCc1c(C)c2ccc(OCC(=O)c3ccc(Cl)cc3)c(C)c2oc1=O. The molecule has 31 heavy (non-hydrogen) atoms. The van der Waals surface area contributed by atoms with Crippen molar-refractivity contribution in [2.75, 3.05) is 13.2 Å². The third-order valence-corrected chi connectivity index (χ3v) is 5.32. The predicted molar refractivity (Wildman–Crippen MR) is 118 cm³/mol. The van der Waals surface area contributed by atoms with Gasteiger partial charge in [-0.05, 0) is 69.2 Å². The average Bonchev–Trinajstić information content (AvgIpc) is 2.74. The minimum atomic E-state index is -0.494. The predicted octanol–water partition coefficient (Wildman–Crippen LogP) is 4.82. The van der Waals surface area contributed by atoms with E-state index in [1.165, 1.54) is 0 Å². The Kier molecular flexibility index (Phi) is 7.13. The lowest BCUT2D eigenvalue weighted by atomic mass is 10.0. The van der Waals surface area contributed by atoms with Crippen molar-refractivity contribution in [3.8, 4) is 5.75 Å². The van der Waals surface area contributed by atoms with E-state index in [2.05, 4.69) is 0 Å². The normalized spacial score (nSPS) is 10.8. The van der Waals surface area contributed by atoms with Gasteiger partial charge in [-0.25, -0.2) is 4.79 Å². The first-order valence-electron chi connectivity index (χ1n) is 9.95. The lowest BCUT2D eigenvalue weighted by Gasteiger charge is -2.13. The van der Waals surface area contributed by atoms with Crippen molar-refractivity contribution in [1.82, 2.24) is 0 Å². The standard InChI is InChI=1S/C24H23ClO6/c1-4-29-22(27)12-10-19-14(2)18-9-11-21(15(3)23(18)31-24(19)28)30-13-20(26)16-5-7-17(25)8-6-16/h5-9,11H,4,10,12-13H2,1-3H3. The Labute approximate surface area is 184 Å². The third kappa shape index (κ3) is 5.14. The molecule has 7 heteroatoms. The zero-order chi connectivity index (χ0) is 22.5. The molecule has 0 N–H and O–H groups in total. The molecule has 0 fully saturated rings. The summed E-state index contributed by atoms with van der Waals surface area (Å²) in [5.74, 6) is -0.0913. The number of Topliss-reactive ketones (excluding diaryl/α,β-unsaturated/α-hetero) is 1.